The van der Waals surface area contributed by atoms with Crippen molar-refractivity contribution >= 4 is 18.4 Å². The minimum atomic E-state index is -3.84. The molecule has 3 nitrogen and oxygen atoms in total. The van der Waals surface area contributed by atoms with Crippen molar-refractivity contribution in [2.24, 2.45) is 5.73 Å². The van der Waals surface area contributed by atoms with Gasteiger partial charge < -0.3 is 10.5 Å². The highest BCUT2D eigenvalue weighted by Gasteiger charge is 2.47. The molecule has 0 spiro atoms. The predicted molar refractivity (Wildman–Crippen MR) is 62.2 cm³/mol. The molecule has 0 saturated heterocycles. The van der Waals surface area contributed by atoms with Gasteiger partial charge in [-0.1, -0.05) is 12.1 Å². The maximum atomic E-state index is 13.5. The van der Waals surface area contributed by atoms with E-state index in [1.54, 1.807) is 0 Å². The second-order valence-corrected chi connectivity index (χ2v) is 3.37. The molecule has 0 aliphatic carbocycles. The molecule has 0 heterocycles. The van der Waals surface area contributed by atoms with E-state index in [2.05, 4.69) is 4.74 Å². The Morgan fingerprint density at radius 3 is 2.33 bits per heavy atom. The van der Waals surface area contributed by atoms with Crippen molar-refractivity contribution in [2.45, 2.75) is 18.9 Å². The zero-order chi connectivity index (χ0) is 13.1. The lowest BCUT2D eigenvalue weighted by molar-refractivity contribution is -0.174. The zero-order valence-corrected chi connectivity index (χ0v) is 10.3. The number of hydrogen-bond acceptors (Lipinski definition) is 3. The van der Waals surface area contributed by atoms with E-state index in [9.17, 15) is 18.0 Å². The van der Waals surface area contributed by atoms with Crippen LogP contribution in [0, 0.1) is 5.82 Å². The van der Waals surface area contributed by atoms with Crippen LogP contribution in [0.4, 0.5) is 13.2 Å². The summed E-state index contributed by atoms with van der Waals surface area (Å²) in [5.41, 5.74) is 5.24. The molecule has 0 radical (unpaired) electrons. The van der Waals surface area contributed by atoms with Gasteiger partial charge in [0.25, 0.3) is 0 Å². The first-order valence-corrected chi connectivity index (χ1v) is 4.95. The van der Waals surface area contributed by atoms with Crippen LogP contribution in [0.15, 0.2) is 24.3 Å². The van der Waals surface area contributed by atoms with Crippen LogP contribution in [0.1, 0.15) is 18.5 Å². The number of ether oxygens (including phenoxy) is 1. The first-order valence-electron chi connectivity index (χ1n) is 4.95. The molecule has 7 heteroatoms. The van der Waals surface area contributed by atoms with Gasteiger partial charge in [-0.25, -0.2) is 9.18 Å². The number of carbonyl (C=O) groups is 1. The highest BCUT2D eigenvalue weighted by atomic mass is 35.5. The second kappa shape index (κ2) is 6.61. The van der Waals surface area contributed by atoms with Crippen molar-refractivity contribution in [2.75, 3.05) is 6.61 Å². The zero-order valence-electron chi connectivity index (χ0n) is 9.53. The molecule has 0 saturated carbocycles. The van der Waals surface area contributed by atoms with Crippen LogP contribution in [-0.2, 0) is 9.53 Å². The van der Waals surface area contributed by atoms with Crippen molar-refractivity contribution in [1.29, 1.82) is 0 Å². The molecule has 0 aliphatic heterocycles. The topological polar surface area (TPSA) is 52.3 Å². The van der Waals surface area contributed by atoms with Gasteiger partial charge in [0.05, 0.1) is 6.61 Å². The molecule has 1 aromatic carbocycles. The SMILES string of the molecule is CCOC(=O)C(F)(F)[C@H](N)c1ccc(F)cc1.Cl. The summed E-state index contributed by atoms with van der Waals surface area (Å²) >= 11 is 0. The minimum Gasteiger partial charge on any atom is -0.462 e. The third-order valence-electron chi connectivity index (χ3n) is 2.17. The van der Waals surface area contributed by atoms with Gasteiger partial charge in [-0.05, 0) is 24.6 Å². The maximum Gasteiger partial charge on any atom is 0.379 e. The highest BCUT2D eigenvalue weighted by molar-refractivity contribution is 5.85. The molecule has 18 heavy (non-hydrogen) atoms. The molecule has 1 atom stereocenters. The van der Waals surface area contributed by atoms with E-state index < -0.39 is 23.8 Å². The van der Waals surface area contributed by atoms with E-state index in [4.69, 9.17) is 5.73 Å². The van der Waals surface area contributed by atoms with Gasteiger partial charge in [0.1, 0.15) is 11.9 Å². The van der Waals surface area contributed by atoms with Gasteiger partial charge in [-0.2, -0.15) is 8.78 Å². The van der Waals surface area contributed by atoms with E-state index in [1.165, 1.54) is 6.92 Å². The van der Waals surface area contributed by atoms with Gasteiger partial charge in [0.15, 0.2) is 0 Å². The molecular weight excluding hydrogens is 271 g/mol. The van der Waals surface area contributed by atoms with Crippen molar-refractivity contribution in [3.63, 3.8) is 0 Å². The molecule has 0 aromatic heterocycles. The van der Waals surface area contributed by atoms with E-state index in [0.29, 0.717) is 0 Å². The summed E-state index contributed by atoms with van der Waals surface area (Å²) < 4.78 is 43.8. The van der Waals surface area contributed by atoms with Crippen LogP contribution in [0.25, 0.3) is 0 Å². The summed E-state index contributed by atoms with van der Waals surface area (Å²) in [6, 6.07) is 2.34. The predicted octanol–water partition coefficient (Wildman–Crippen LogP) is 2.45. The Hall–Kier alpha value is -1.27. The molecular formula is C11H13ClF3NO2. The molecule has 0 amide bonds. The van der Waals surface area contributed by atoms with Gasteiger partial charge in [-0.3, -0.25) is 0 Å². The lowest BCUT2D eigenvalue weighted by Crippen LogP contribution is -2.41. The van der Waals surface area contributed by atoms with E-state index in [0.717, 1.165) is 24.3 Å². The Balaban J connectivity index is 0.00000289. The number of esters is 1. The van der Waals surface area contributed by atoms with Crippen LogP contribution in [0.5, 0.6) is 0 Å². The quantitative estimate of drug-likeness (QED) is 0.864. The summed E-state index contributed by atoms with van der Waals surface area (Å²) in [7, 11) is 0. The Morgan fingerprint density at radius 2 is 1.89 bits per heavy atom. The van der Waals surface area contributed by atoms with Crippen LogP contribution in [0.3, 0.4) is 0 Å². The number of hydrogen-bond donors (Lipinski definition) is 1. The van der Waals surface area contributed by atoms with Gasteiger partial charge in [-0.15, -0.1) is 12.4 Å². The number of carbonyl (C=O) groups excluding carboxylic acids is 1. The second-order valence-electron chi connectivity index (χ2n) is 3.37. The van der Waals surface area contributed by atoms with E-state index in [-0.39, 0.29) is 24.6 Å². The first kappa shape index (κ1) is 16.7. The molecule has 2 N–H and O–H groups in total. The number of alkyl halides is 2. The third kappa shape index (κ3) is 3.61. The van der Waals surface area contributed by atoms with Crippen LogP contribution < -0.4 is 5.73 Å². The average Bonchev–Trinajstić information content (AvgIpc) is 2.29. The van der Waals surface area contributed by atoms with Crippen molar-refractivity contribution in [3.8, 4) is 0 Å². The molecule has 0 unspecified atom stereocenters. The largest absolute Gasteiger partial charge is 0.462 e. The monoisotopic (exact) mass is 283 g/mol. The number of nitrogens with two attached hydrogens (primary N) is 1. The summed E-state index contributed by atoms with van der Waals surface area (Å²) in [5.74, 6) is -6.09. The standard InChI is InChI=1S/C11H12F3NO2.ClH/c1-2-17-10(16)11(13,14)9(15)7-3-5-8(12)6-4-7;/h3-6,9H,2,15H2,1H3;1H/t9-;/m1./s1. The number of rotatable bonds is 4. The Kier molecular flexibility index (Phi) is 6.14. The van der Waals surface area contributed by atoms with Crippen LogP contribution in [0.2, 0.25) is 0 Å². The first-order chi connectivity index (χ1) is 7.89. The Morgan fingerprint density at radius 1 is 1.39 bits per heavy atom. The molecule has 1 rings (SSSR count). The van der Waals surface area contributed by atoms with Crippen LogP contribution in [-0.4, -0.2) is 18.5 Å². The lowest BCUT2D eigenvalue weighted by Gasteiger charge is -2.21. The number of benzene rings is 1. The van der Waals surface area contributed by atoms with Crippen molar-refractivity contribution in [3.05, 3.63) is 35.6 Å². The fraction of sp³-hybridized carbons (Fsp3) is 0.364. The van der Waals surface area contributed by atoms with Gasteiger partial charge >= 0.3 is 11.9 Å². The van der Waals surface area contributed by atoms with Crippen molar-refractivity contribution < 1.29 is 22.7 Å². The fourth-order valence-corrected chi connectivity index (χ4v) is 1.23. The molecule has 1 aromatic rings. The highest BCUT2D eigenvalue weighted by Crippen LogP contribution is 2.30. The maximum absolute atomic E-state index is 13.5. The Bertz CT molecular complexity index is 398. The smallest absolute Gasteiger partial charge is 0.379 e. The van der Waals surface area contributed by atoms with E-state index in [1.807, 2.05) is 0 Å². The summed E-state index contributed by atoms with van der Waals surface area (Å²) in [4.78, 5) is 11.0. The van der Waals surface area contributed by atoms with Crippen LogP contribution >= 0.6 is 12.4 Å². The normalized spacial score (nSPS) is 12.5. The summed E-state index contributed by atoms with van der Waals surface area (Å²) in [6.45, 7) is 1.25. The fourth-order valence-electron chi connectivity index (χ4n) is 1.23. The van der Waals surface area contributed by atoms with Crippen molar-refractivity contribution in [1.82, 2.24) is 0 Å². The average molecular weight is 284 g/mol. The van der Waals surface area contributed by atoms with Gasteiger partial charge in [0.2, 0.25) is 0 Å². The minimum absolute atomic E-state index is 0. The molecule has 0 bridgehead atoms. The molecule has 0 fully saturated rings. The molecule has 0 aliphatic rings. The Labute approximate surface area is 109 Å². The summed E-state index contributed by atoms with van der Waals surface area (Å²) in [6.07, 6.45) is 0. The lowest BCUT2D eigenvalue weighted by atomic mass is 10.0. The number of halogens is 4. The third-order valence-corrected chi connectivity index (χ3v) is 2.17. The summed E-state index contributed by atoms with van der Waals surface area (Å²) in [5, 5.41) is 0. The molecule has 102 valence electrons. The van der Waals surface area contributed by atoms with E-state index >= 15 is 0 Å². The van der Waals surface area contributed by atoms with Gasteiger partial charge in [0, 0.05) is 0 Å².